The standard InChI is InChI=1S/C12H21NO2S/c1-4-15-8-10(2)13-9-12(3,14)11-6-5-7-16-11/h5-7,10,13-14H,4,8-9H2,1-3H3. The number of rotatable bonds is 7. The first-order valence-corrected chi connectivity index (χ1v) is 6.51. The number of thiophene rings is 1. The monoisotopic (exact) mass is 243 g/mol. The van der Waals surface area contributed by atoms with E-state index in [0.717, 1.165) is 11.5 Å². The Morgan fingerprint density at radius 3 is 2.94 bits per heavy atom. The van der Waals surface area contributed by atoms with Crippen LogP contribution in [-0.4, -0.2) is 30.9 Å². The van der Waals surface area contributed by atoms with Gasteiger partial charge in [-0.05, 0) is 32.2 Å². The van der Waals surface area contributed by atoms with E-state index < -0.39 is 5.60 Å². The third-order valence-corrected chi connectivity index (χ3v) is 3.54. The average molecular weight is 243 g/mol. The predicted octanol–water partition coefficient (Wildman–Crippen LogP) is 1.97. The Bertz CT molecular complexity index is 285. The Kier molecular flexibility index (Phi) is 5.41. The lowest BCUT2D eigenvalue weighted by Crippen LogP contribution is -2.41. The van der Waals surface area contributed by atoms with Crippen LogP contribution < -0.4 is 5.32 Å². The number of hydrogen-bond donors (Lipinski definition) is 2. The predicted molar refractivity (Wildman–Crippen MR) is 67.8 cm³/mol. The van der Waals surface area contributed by atoms with E-state index in [1.807, 2.05) is 31.4 Å². The van der Waals surface area contributed by atoms with E-state index in [0.29, 0.717) is 13.2 Å². The van der Waals surface area contributed by atoms with Crippen LogP contribution in [0.25, 0.3) is 0 Å². The molecular formula is C12H21NO2S. The van der Waals surface area contributed by atoms with Gasteiger partial charge in [-0.1, -0.05) is 6.07 Å². The average Bonchev–Trinajstić information content (AvgIpc) is 2.77. The van der Waals surface area contributed by atoms with E-state index in [2.05, 4.69) is 12.2 Å². The van der Waals surface area contributed by atoms with Gasteiger partial charge in [0, 0.05) is 24.1 Å². The van der Waals surface area contributed by atoms with Gasteiger partial charge in [-0.15, -0.1) is 11.3 Å². The highest BCUT2D eigenvalue weighted by Gasteiger charge is 2.24. The number of hydrogen-bond acceptors (Lipinski definition) is 4. The minimum Gasteiger partial charge on any atom is -0.383 e. The molecule has 0 saturated carbocycles. The summed E-state index contributed by atoms with van der Waals surface area (Å²) in [6.07, 6.45) is 0. The quantitative estimate of drug-likeness (QED) is 0.769. The van der Waals surface area contributed by atoms with Crippen molar-refractivity contribution >= 4 is 11.3 Å². The zero-order valence-electron chi connectivity index (χ0n) is 10.2. The summed E-state index contributed by atoms with van der Waals surface area (Å²) in [5, 5.41) is 15.5. The van der Waals surface area contributed by atoms with Crippen LogP contribution in [0.2, 0.25) is 0 Å². The summed E-state index contributed by atoms with van der Waals surface area (Å²) in [4.78, 5) is 0.989. The summed E-state index contributed by atoms with van der Waals surface area (Å²) >= 11 is 1.58. The van der Waals surface area contributed by atoms with Crippen LogP contribution in [0.5, 0.6) is 0 Å². The second-order valence-corrected chi connectivity index (χ2v) is 5.14. The molecule has 1 aromatic rings. The fourth-order valence-corrected chi connectivity index (χ4v) is 2.19. The van der Waals surface area contributed by atoms with Crippen LogP contribution >= 0.6 is 11.3 Å². The van der Waals surface area contributed by atoms with Crippen molar-refractivity contribution in [1.29, 1.82) is 0 Å². The minimum absolute atomic E-state index is 0.256. The first kappa shape index (κ1) is 13.6. The normalized spacial score (nSPS) is 17.0. The molecule has 16 heavy (non-hydrogen) atoms. The third kappa shape index (κ3) is 4.22. The van der Waals surface area contributed by atoms with Crippen molar-refractivity contribution in [3.8, 4) is 0 Å². The van der Waals surface area contributed by atoms with E-state index >= 15 is 0 Å². The third-order valence-electron chi connectivity index (χ3n) is 2.42. The second kappa shape index (κ2) is 6.35. The molecule has 0 saturated heterocycles. The zero-order chi connectivity index (χ0) is 12.0. The Morgan fingerprint density at radius 1 is 1.62 bits per heavy atom. The van der Waals surface area contributed by atoms with Crippen molar-refractivity contribution in [2.45, 2.75) is 32.4 Å². The molecule has 0 aliphatic carbocycles. The van der Waals surface area contributed by atoms with Gasteiger partial charge in [-0.2, -0.15) is 0 Å². The van der Waals surface area contributed by atoms with Gasteiger partial charge < -0.3 is 15.2 Å². The fraction of sp³-hybridized carbons (Fsp3) is 0.667. The van der Waals surface area contributed by atoms with Crippen LogP contribution in [0, 0.1) is 0 Å². The topological polar surface area (TPSA) is 41.5 Å². The molecule has 2 unspecified atom stereocenters. The molecule has 2 N–H and O–H groups in total. The molecule has 92 valence electrons. The summed E-state index contributed by atoms with van der Waals surface area (Å²) in [6, 6.07) is 4.17. The molecule has 0 aliphatic heterocycles. The number of aliphatic hydroxyl groups is 1. The Balaban J connectivity index is 2.36. The highest BCUT2D eigenvalue weighted by molar-refractivity contribution is 7.10. The molecule has 1 heterocycles. The van der Waals surface area contributed by atoms with Gasteiger partial charge in [-0.25, -0.2) is 0 Å². The van der Waals surface area contributed by atoms with Gasteiger partial charge in [0.15, 0.2) is 0 Å². The van der Waals surface area contributed by atoms with Crippen molar-refractivity contribution in [3.05, 3.63) is 22.4 Å². The molecule has 2 atom stereocenters. The second-order valence-electron chi connectivity index (χ2n) is 4.19. The molecule has 0 fully saturated rings. The van der Waals surface area contributed by atoms with Gasteiger partial charge >= 0.3 is 0 Å². The number of ether oxygens (including phenoxy) is 1. The summed E-state index contributed by atoms with van der Waals surface area (Å²) in [5.41, 5.74) is -0.797. The molecule has 0 amide bonds. The van der Waals surface area contributed by atoms with Crippen molar-refractivity contribution in [2.24, 2.45) is 0 Å². The van der Waals surface area contributed by atoms with Gasteiger partial charge in [-0.3, -0.25) is 0 Å². The molecule has 3 nitrogen and oxygen atoms in total. The molecule has 4 heteroatoms. The van der Waals surface area contributed by atoms with E-state index in [1.165, 1.54) is 0 Å². The summed E-state index contributed by atoms with van der Waals surface area (Å²) < 4.78 is 5.31. The minimum atomic E-state index is -0.797. The molecule has 0 bridgehead atoms. The summed E-state index contributed by atoms with van der Waals surface area (Å²) in [5.74, 6) is 0. The molecule has 1 rings (SSSR count). The largest absolute Gasteiger partial charge is 0.383 e. The van der Waals surface area contributed by atoms with E-state index in [9.17, 15) is 5.11 Å². The highest BCUT2D eigenvalue weighted by Crippen LogP contribution is 2.24. The van der Waals surface area contributed by atoms with Crippen LogP contribution in [0.1, 0.15) is 25.6 Å². The van der Waals surface area contributed by atoms with E-state index in [1.54, 1.807) is 11.3 Å². The van der Waals surface area contributed by atoms with Crippen molar-refractivity contribution in [2.75, 3.05) is 19.8 Å². The van der Waals surface area contributed by atoms with Crippen LogP contribution in [0.3, 0.4) is 0 Å². The maximum Gasteiger partial charge on any atom is 0.108 e. The lowest BCUT2D eigenvalue weighted by Gasteiger charge is -2.24. The van der Waals surface area contributed by atoms with Crippen LogP contribution in [0.4, 0.5) is 0 Å². The van der Waals surface area contributed by atoms with Crippen LogP contribution in [-0.2, 0) is 10.3 Å². The van der Waals surface area contributed by atoms with Gasteiger partial charge in [0.25, 0.3) is 0 Å². The molecule has 0 aromatic carbocycles. The first-order chi connectivity index (χ1) is 7.56. The Morgan fingerprint density at radius 2 is 2.38 bits per heavy atom. The first-order valence-electron chi connectivity index (χ1n) is 5.63. The smallest absolute Gasteiger partial charge is 0.108 e. The van der Waals surface area contributed by atoms with Gasteiger partial charge in [0.05, 0.1) is 6.61 Å². The molecule has 0 radical (unpaired) electrons. The SMILES string of the molecule is CCOCC(C)NCC(C)(O)c1cccs1. The molecule has 1 aromatic heterocycles. The lowest BCUT2D eigenvalue weighted by atomic mass is 10.0. The Hall–Kier alpha value is -0.420. The summed E-state index contributed by atoms with van der Waals surface area (Å²) in [7, 11) is 0. The number of nitrogens with one attached hydrogen (secondary N) is 1. The fourth-order valence-electron chi connectivity index (χ4n) is 1.40. The van der Waals surface area contributed by atoms with E-state index in [-0.39, 0.29) is 6.04 Å². The van der Waals surface area contributed by atoms with Crippen molar-refractivity contribution in [3.63, 3.8) is 0 Å². The lowest BCUT2D eigenvalue weighted by molar-refractivity contribution is 0.0510. The van der Waals surface area contributed by atoms with Crippen LogP contribution in [0.15, 0.2) is 17.5 Å². The molecule has 0 spiro atoms. The zero-order valence-corrected chi connectivity index (χ0v) is 11.0. The maximum absolute atomic E-state index is 10.3. The van der Waals surface area contributed by atoms with Crippen molar-refractivity contribution in [1.82, 2.24) is 5.32 Å². The van der Waals surface area contributed by atoms with E-state index in [4.69, 9.17) is 4.74 Å². The maximum atomic E-state index is 10.3. The molecule has 0 aliphatic rings. The van der Waals surface area contributed by atoms with Crippen molar-refractivity contribution < 1.29 is 9.84 Å². The Labute approximate surface area is 101 Å². The highest BCUT2D eigenvalue weighted by atomic mass is 32.1. The van der Waals surface area contributed by atoms with Gasteiger partial charge in [0.1, 0.15) is 5.60 Å². The summed E-state index contributed by atoms with van der Waals surface area (Å²) in [6.45, 7) is 7.82. The molecular weight excluding hydrogens is 222 g/mol. The van der Waals surface area contributed by atoms with Gasteiger partial charge in [0.2, 0.25) is 0 Å².